The first-order chi connectivity index (χ1) is 49.9. The number of hydrogen-bond acceptors (Lipinski definition) is 16. The lowest BCUT2D eigenvalue weighted by Gasteiger charge is -2.31. The molecule has 0 aromatic heterocycles. The maximum absolute atomic E-state index is 7.36. The van der Waals surface area contributed by atoms with E-state index in [0.717, 1.165) is 150 Å². The summed E-state index contributed by atoms with van der Waals surface area (Å²) in [5.41, 5.74) is 13.3. The molecule has 0 saturated carbocycles. The fourth-order valence-corrected chi connectivity index (χ4v) is 13.6. The van der Waals surface area contributed by atoms with Gasteiger partial charge in [0, 0.05) is 40.9 Å². The summed E-state index contributed by atoms with van der Waals surface area (Å²) in [6.45, 7) is 27.7. The molecule has 548 valence electrons. The molecule has 0 amide bonds. The first-order valence-electron chi connectivity index (χ1n) is 36.9. The average Bonchev–Trinajstić information content (AvgIpc) is 1.74. The zero-order chi connectivity index (χ0) is 70.5. The Kier molecular flexibility index (Phi) is 20.6. The van der Waals surface area contributed by atoms with Crippen LogP contribution in [0.25, 0.3) is 0 Å². The van der Waals surface area contributed by atoms with E-state index in [1.54, 1.807) is 0 Å². The van der Waals surface area contributed by atoms with Gasteiger partial charge in [0.25, 0.3) is 0 Å². The highest BCUT2D eigenvalue weighted by Gasteiger charge is 2.36. The van der Waals surface area contributed by atoms with Gasteiger partial charge in [-0.05, 0) is 139 Å². The van der Waals surface area contributed by atoms with Gasteiger partial charge in [-0.3, -0.25) is 0 Å². The molecule has 16 nitrogen and oxygen atoms in total. The summed E-state index contributed by atoms with van der Waals surface area (Å²) in [7, 11) is 0. The smallest absolute Gasteiger partial charge is 0.126 e. The predicted molar refractivity (Wildman–Crippen MR) is 397 cm³/mol. The van der Waals surface area contributed by atoms with E-state index < -0.39 is 21.7 Å². The minimum Gasteiger partial charge on any atom is -0.491 e. The fraction of sp³-hybridized carbons (Fsp3) is 0.455. The van der Waals surface area contributed by atoms with E-state index >= 15 is 0 Å². The van der Waals surface area contributed by atoms with E-state index in [9.17, 15) is 0 Å². The molecule has 8 aliphatic heterocycles. The second kappa shape index (κ2) is 30.0. The molecule has 0 N–H and O–H groups in total. The molecule has 104 heavy (non-hydrogen) atoms. The van der Waals surface area contributed by atoms with Crippen LogP contribution in [-0.2, 0) is 78.8 Å². The lowest BCUT2D eigenvalue weighted by Crippen LogP contribution is -2.22. The van der Waals surface area contributed by atoms with E-state index in [1.165, 1.54) is 0 Å². The number of hydrogen-bond donors (Lipinski definition) is 0. The quantitative estimate of drug-likeness (QED) is 0.0334. The number of rotatable bonds is 38. The third-order valence-corrected chi connectivity index (χ3v) is 21.6. The van der Waals surface area contributed by atoms with Gasteiger partial charge in [-0.2, -0.15) is 0 Å². The van der Waals surface area contributed by atoms with Crippen LogP contribution in [0.3, 0.4) is 0 Å². The van der Waals surface area contributed by atoms with Gasteiger partial charge in [-0.25, -0.2) is 0 Å². The van der Waals surface area contributed by atoms with Gasteiger partial charge < -0.3 is 75.8 Å². The molecule has 8 heterocycles. The Balaban J connectivity index is 0.00000870. The maximum Gasteiger partial charge on any atom is 0.126 e. The summed E-state index contributed by atoms with van der Waals surface area (Å²) >= 11 is 0. The molecular formula is C88H100O16. The van der Waals surface area contributed by atoms with Crippen LogP contribution in [0, 0.1) is 0 Å². The van der Waals surface area contributed by atoms with Crippen molar-refractivity contribution in [2.75, 3.05) is 106 Å². The second-order valence-electron chi connectivity index (χ2n) is 31.2. The Morgan fingerprint density at radius 1 is 0.240 bits per heavy atom. The maximum atomic E-state index is 7.36. The van der Waals surface area contributed by atoms with Crippen LogP contribution >= 0.6 is 0 Å². The van der Waals surface area contributed by atoms with Crippen LogP contribution in [0.1, 0.15) is 141 Å². The van der Waals surface area contributed by atoms with Gasteiger partial charge in [0.05, 0.1) is 52.9 Å². The first-order valence-corrected chi connectivity index (χ1v) is 36.9. The summed E-state index contributed by atoms with van der Waals surface area (Å²) in [4.78, 5) is 0. The molecule has 0 spiro atoms. The van der Waals surface area contributed by atoms with Crippen LogP contribution < -0.4 is 37.9 Å². The minimum atomic E-state index is -0.533. The van der Waals surface area contributed by atoms with Crippen molar-refractivity contribution >= 4 is 0 Å². The van der Waals surface area contributed by atoms with Crippen LogP contribution in [0.15, 0.2) is 158 Å². The molecule has 0 bridgehead atoms. The molecule has 8 fully saturated rings. The molecule has 8 aromatic rings. The van der Waals surface area contributed by atoms with Crippen molar-refractivity contribution in [3.63, 3.8) is 0 Å². The van der Waals surface area contributed by atoms with Gasteiger partial charge in [0.15, 0.2) is 0 Å². The Morgan fingerprint density at radius 3 is 0.673 bits per heavy atom. The number of epoxide rings is 8. The van der Waals surface area contributed by atoms with Crippen LogP contribution in [-0.4, -0.2) is 155 Å². The van der Waals surface area contributed by atoms with Gasteiger partial charge in [0.2, 0.25) is 0 Å². The van der Waals surface area contributed by atoms with Crippen molar-refractivity contribution in [1.82, 2.24) is 0 Å². The van der Waals surface area contributed by atoms with Crippen molar-refractivity contribution in [3.05, 3.63) is 236 Å². The molecule has 0 radical (unpaired) electrons. The van der Waals surface area contributed by atoms with E-state index in [0.29, 0.717) is 98.5 Å². The van der Waals surface area contributed by atoms with Crippen LogP contribution in [0.4, 0.5) is 0 Å². The van der Waals surface area contributed by atoms with Crippen LogP contribution in [0.2, 0.25) is 0 Å². The molecule has 8 aromatic carbocycles. The molecule has 8 atom stereocenters. The molecule has 8 unspecified atom stereocenters. The summed E-state index contributed by atoms with van der Waals surface area (Å²) in [5.74, 6) is 6.46. The molecule has 16 heteroatoms. The molecule has 8 saturated heterocycles. The van der Waals surface area contributed by atoms with Gasteiger partial charge in [-0.1, -0.05) is 160 Å². The largest absolute Gasteiger partial charge is 0.491 e. The van der Waals surface area contributed by atoms with E-state index in [-0.39, 0.29) is 56.3 Å². The highest BCUT2D eigenvalue weighted by atomic mass is 16.6. The number of benzene rings is 8. The van der Waals surface area contributed by atoms with Gasteiger partial charge in [-0.15, -0.1) is 0 Å². The fourth-order valence-electron chi connectivity index (χ4n) is 13.6. The average molecular weight is 1410 g/mol. The third kappa shape index (κ3) is 17.7. The van der Waals surface area contributed by atoms with Crippen molar-refractivity contribution in [2.24, 2.45) is 0 Å². The number of ether oxygens (including phenoxy) is 16. The summed E-state index contributed by atoms with van der Waals surface area (Å²) in [5, 5.41) is 0. The molecule has 16 rings (SSSR count). The predicted octanol–water partition coefficient (Wildman–Crippen LogP) is 14.6. The van der Waals surface area contributed by atoms with Crippen molar-refractivity contribution in [1.29, 1.82) is 0 Å². The van der Waals surface area contributed by atoms with Crippen molar-refractivity contribution in [2.45, 2.75) is 153 Å². The Labute approximate surface area is 612 Å². The molecule has 8 aliphatic rings. The van der Waals surface area contributed by atoms with E-state index in [1.807, 2.05) is 0 Å². The topological polar surface area (TPSA) is 174 Å². The highest BCUT2D eigenvalue weighted by Crippen LogP contribution is 2.46. The SMILES string of the molecule is C.CC(C)(c1ccc(OCC2CO2)cc1)c1ccc(OCC2CO2)c(Cc2cc(C(C)(C)c3ccc(OCC4CO4)cc3)cc(Cc3cc(C(C)(C)c4ccc(OCC5CO5)cc4)cc(Cc4cc(C(C)(C)c5ccc(OCC6CO6)cc5)ccc4OCC4CO4)c3OCC3CO3)c2OCC2CO2)c1. The summed E-state index contributed by atoms with van der Waals surface area (Å²) < 4.78 is 98.4. The zero-order valence-electron chi connectivity index (χ0n) is 60.6. The molecule has 0 aliphatic carbocycles. The standard InChI is InChI=1S/C87H96O16.CH4/c1-84(2,60-9-19-68(20-10-60)88-38-72-42-92-72)64-17-27-80(100-50-76-46-96-76)54(32-64)29-56-34-66(86(5,6)62-13-23-70(24-14-62)90-40-74-44-94-74)36-58(82(56)102-52-78-48-98-78)31-59-37-67(87(7,8)63-15-25-71(26-16-63)91-41-75-45-95-75)35-57(83(59)103-53-79-49-99-79)30-55-33-65(18-28-81(55)101-51-77-47-97-77)85(3,4)61-11-21-69(22-12-61)89-39-73-43-93-73;/h9-28,32-37,72-79H,29-31,38-53H2,1-8H3;1H4. The second-order valence-corrected chi connectivity index (χ2v) is 31.2. The Hall–Kier alpha value is -8.16. The van der Waals surface area contributed by atoms with E-state index in [4.69, 9.17) is 75.8 Å². The Morgan fingerprint density at radius 2 is 0.433 bits per heavy atom. The lowest BCUT2D eigenvalue weighted by atomic mass is 9.75. The van der Waals surface area contributed by atoms with E-state index in [2.05, 4.69) is 213 Å². The zero-order valence-corrected chi connectivity index (χ0v) is 60.6. The monoisotopic (exact) mass is 1410 g/mol. The first kappa shape index (κ1) is 71.5. The highest BCUT2D eigenvalue weighted by molar-refractivity contribution is 5.60. The summed E-state index contributed by atoms with van der Waals surface area (Å²) in [6.07, 6.45) is 2.02. The minimum absolute atomic E-state index is 0. The van der Waals surface area contributed by atoms with Crippen molar-refractivity contribution in [3.8, 4) is 46.0 Å². The van der Waals surface area contributed by atoms with Crippen molar-refractivity contribution < 1.29 is 75.8 Å². The molecular weight excluding hydrogens is 1310 g/mol. The normalized spacial score (nSPS) is 21.8. The van der Waals surface area contributed by atoms with Gasteiger partial charge >= 0.3 is 0 Å². The Bertz CT molecular complexity index is 3990. The van der Waals surface area contributed by atoms with Crippen LogP contribution in [0.5, 0.6) is 46.0 Å². The van der Waals surface area contributed by atoms with Gasteiger partial charge in [0.1, 0.15) is 148 Å². The lowest BCUT2D eigenvalue weighted by molar-refractivity contribution is 0.256. The summed E-state index contributed by atoms with van der Waals surface area (Å²) in [6, 6.07) is 56.9. The third-order valence-electron chi connectivity index (χ3n) is 21.6.